The van der Waals surface area contributed by atoms with Gasteiger partial charge in [-0.25, -0.2) is 4.79 Å². The first-order valence-electron chi connectivity index (χ1n) is 14.0. The van der Waals surface area contributed by atoms with E-state index in [1.54, 1.807) is 45.9 Å². The topological polar surface area (TPSA) is 106 Å². The molecule has 0 unspecified atom stereocenters. The number of rotatable bonds is 11. The molecule has 9 heteroatoms. The lowest BCUT2D eigenvalue weighted by Gasteiger charge is -2.23. The Morgan fingerprint density at radius 2 is 1.50 bits per heavy atom. The minimum atomic E-state index is -0.839. The van der Waals surface area contributed by atoms with Gasteiger partial charge in [-0.1, -0.05) is 66.2 Å². The lowest BCUT2D eigenvalue weighted by Crippen LogP contribution is -2.50. The maximum absolute atomic E-state index is 13.2. The summed E-state index contributed by atoms with van der Waals surface area (Å²) in [5, 5.41) is 8.72. The van der Waals surface area contributed by atoms with Crippen molar-refractivity contribution in [3.05, 3.63) is 88.9 Å². The van der Waals surface area contributed by atoms with Crippen LogP contribution in [0.25, 0.3) is 11.1 Å². The molecular weight excluding hydrogens is 554 g/mol. The number of amides is 3. The predicted molar refractivity (Wildman–Crippen MR) is 166 cm³/mol. The molecule has 0 aliphatic carbocycles. The van der Waals surface area contributed by atoms with E-state index >= 15 is 0 Å². The first-order chi connectivity index (χ1) is 19.8. The molecule has 42 heavy (non-hydrogen) atoms. The van der Waals surface area contributed by atoms with Gasteiger partial charge in [0.2, 0.25) is 5.91 Å². The quantitative estimate of drug-likeness (QED) is 0.247. The third kappa shape index (κ3) is 10.4. The third-order valence-electron chi connectivity index (χ3n) is 6.08. The Labute approximate surface area is 253 Å². The molecule has 0 spiro atoms. The summed E-state index contributed by atoms with van der Waals surface area (Å²) in [6.07, 6.45) is -0.289. The Kier molecular flexibility index (Phi) is 11.4. The molecule has 0 aliphatic heterocycles. The largest absolute Gasteiger partial charge is 0.489 e. The number of benzene rings is 3. The average molecular weight is 594 g/mol. The first kappa shape index (κ1) is 32.5. The van der Waals surface area contributed by atoms with Crippen LogP contribution in [0.4, 0.5) is 4.79 Å². The van der Waals surface area contributed by atoms with Gasteiger partial charge < -0.3 is 25.4 Å². The Morgan fingerprint density at radius 1 is 0.857 bits per heavy atom. The van der Waals surface area contributed by atoms with E-state index in [2.05, 4.69) is 16.0 Å². The van der Waals surface area contributed by atoms with Crippen molar-refractivity contribution >= 4 is 29.5 Å². The van der Waals surface area contributed by atoms with Gasteiger partial charge in [0, 0.05) is 12.1 Å². The molecule has 0 saturated heterocycles. The van der Waals surface area contributed by atoms with E-state index in [0.29, 0.717) is 22.8 Å². The highest BCUT2D eigenvalue weighted by Crippen LogP contribution is 2.26. The number of hydrogen-bond donors (Lipinski definition) is 3. The third-order valence-corrected chi connectivity index (χ3v) is 6.38. The van der Waals surface area contributed by atoms with Gasteiger partial charge in [-0.2, -0.15) is 0 Å². The van der Waals surface area contributed by atoms with Crippen LogP contribution in [-0.2, 0) is 16.0 Å². The van der Waals surface area contributed by atoms with Gasteiger partial charge in [-0.05, 0) is 82.9 Å². The lowest BCUT2D eigenvalue weighted by atomic mass is 10.00. The summed E-state index contributed by atoms with van der Waals surface area (Å²) in [6.45, 7) is 10.7. The number of alkyl carbamates (subject to hydrolysis) is 1. The van der Waals surface area contributed by atoms with Crippen LogP contribution in [0.2, 0.25) is 5.02 Å². The molecule has 3 N–H and O–H groups in total. The van der Waals surface area contributed by atoms with Crippen molar-refractivity contribution in [2.45, 2.75) is 71.8 Å². The molecule has 0 heterocycles. The molecule has 0 radical (unpaired) electrons. The van der Waals surface area contributed by atoms with Crippen LogP contribution >= 0.6 is 11.6 Å². The summed E-state index contributed by atoms with van der Waals surface area (Å²) in [5.41, 5.74) is 2.84. The Balaban J connectivity index is 1.72. The van der Waals surface area contributed by atoms with Gasteiger partial charge in [-0.3, -0.25) is 9.59 Å². The molecule has 0 saturated carbocycles. The predicted octanol–water partition coefficient (Wildman–Crippen LogP) is 6.16. The van der Waals surface area contributed by atoms with E-state index in [4.69, 9.17) is 21.1 Å². The van der Waals surface area contributed by atoms with Crippen molar-refractivity contribution in [3.63, 3.8) is 0 Å². The zero-order valence-electron chi connectivity index (χ0n) is 25.0. The number of halogens is 1. The standard InChI is InChI=1S/C33H40ClN3O5/c1-21(2)41-29-17-16-26(19-28(29)34)31(39)37-27(20-35-30(38)22(3)36-32(40)42-33(4,5)6)18-23-12-14-25(15-13-23)24-10-8-7-9-11-24/h7-17,19,21-22,27H,18,20H2,1-6H3,(H,35,38)(H,36,40)(H,37,39)/t22-,27+/m1/s1. The van der Waals surface area contributed by atoms with Crippen LogP contribution in [0.5, 0.6) is 5.75 Å². The molecular formula is C33H40ClN3O5. The van der Waals surface area contributed by atoms with E-state index in [1.807, 2.05) is 68.4 Å². The molecule has 0 aromatic heterocycles. The summed E-state index contributed by atoms with van der Waals surface area (Å²) >= 11 is 6.36. The van der Waals surface area contributed by atoms with Gasteiger partial charge in [0.1, 0.15) is 17.4 Å². The minimum Gasteiger partial charge on any atom is -0.489 e. The van der Waals surface area contributed by atoms with Crippen LogP contribution in [0, 0.1) is 0 Å². The van der Waals surface area contributed by atoms with Crippen molar-refractivity contribution in [2.75, 3.05) is 6.54 Å². The van der Waals surface area contributed by atoms with Crippen molar-refractivity contribution < 1.29 is 23.9 Å². The maximum atomic E-state index is 13.2. The highest BCUT2D eigenvalue weighted by molar-refractivity contribution is 6.32. The first-order valence-corrected chi connectivity index (χ1v) is 14.4. The van der Waals surface area contributed by atoms with Crippen molar-refractivity contribution in [2.24, 2.45) is 0 Å². The second kappa shape index (κ2) is 14.7. The molecule has 224 valence electrons. The fraction of sp³-hybridized carbons (Fsp3) is 0.364. The molecule has 2 atom stereocenters. The van der Waals surface area contributed by atoms with Crippen LogP contribution in [-0.4, -0.2) is 48.2 Å². The molecule has 0 fully saturated rings. The fourth-order valence-corrected chi connectivity index (χ4v) is 4.33. The summed E-state index contributed by atoms with van der Waals surface area (Å²) in [7, 11) is 0. The Morgan fingerprint density at radius 3 is 2.10 bits per heavy atom. The molecule has 0 aliphatic rings. The number of ether oxygens (including phenoxy) is 2. The average Bonchev–Trinajstić information content (AvgIpc) is 2.92. The van der Waals surface area contributed by atoms with Gasteiger partial charge >= 0.3 is 6.09 Å². The molecule has 8 nitrogen and oxygen atoms in total. The van der Waals surface area contributed by atoms with Gasteiger partial charge in [0.15, 0.2) is 0 Å². The molecule has 3 aromatic rings. The number of carbonyl (C=O) groups is 3. The molecule has 3 rings (SSSR count). The summed E-state index contributed by atoms with van der Waals surface area (Å²) in [4.78, 5) is 38.1. The highest BCUT2D eigenvalue weighted by Gasteiger charge is 2.23. The molecule has 3 aromatic carbocycles. The second-order valence-electron chi connectivity index (χ2n) is 11.4. The van der Waals surface area contributed by atoms with Crippen molar-refractivity contribution in [3.8, 4) is 16.9 Å². The normalized spacial score (nSPS) is 12.7. The second-order valence-corrected chi connectivity index (χ2v) is 11.8. The van der Waals surface area contributed by atoms with E-state index in [-0.39, 0.29) is 18.6 Å². The van der Waals surface area contributed by atoms with Crippen molar-refractivity contribution in [1.82, 2.24) is 16.0 Å². The van der Waals surface area contributed by atoms with E-state index in [1.165, 1.54) is 0 Å². The highest BCUT2D eigenvalue weighted by atomic mass is 35.5. The van der Waals surface area contributed by atoms with E-state index < -0.39 is 29.7 Å². The maximum Gasteiger partial charge on any atom is 0.408 e. The number of hydrogen-bond acceptors (Lipinski definition) is 5. The van der Waals surface area contributed by atoms with E-state index in [0.717, 1.165) is 16.7 Å². The summed E-state index contributed by atoms with van der Waals surface area (Å²) < 4.78 is 10.9. The van der Waals surface area contributed by atoms with Crippen LogP contribution in [0.3, 0.4) is 0 Å². The van der Waals surface area contributed by atoms with Crippen LogP contribution in [0.1, 0.15) is 57.5 Å². The fourth-order valence-electron chi connectivity index (χ4n) is 4.11. The Hall–Kier alpha value is -4.04. The SMILES string of the molecule is CC(C)Oc1ccc(C(=O)N[C@H](CNC(=O)[C@@H](C)NC(=O)OC(C)(C)C)Cc2ccc(-c3ccccc3)cc2)cc1Cl. The smallest absolute Gasteiger partial charge is 0.408 e. The molecule has 0 bridgehead atoms. The summed E-state index contributed by atoms with van der Waals surface area (Å²) in [6, 6.07) is 21.7. The van der Waals surface area contributed by atoms with Crippen LogP contribution < -0.4 is 20.7 Å². The monoisotopic (exact) mass is 593 g/mol. The van der Waals surface area contributed by atoms with E-state index in [9.17, 15) is 14.4 Å². The zero-order valence-corrected chi connectivity index (χ0v) is 25.7. The molecule has 3 amide bonds. The van der Waals surface area contributed by atoms with Gasteiger partial charge in [0.05, 0.1) is 17.2 Å². The Bertz CT molecular complexity index is 1350. The van der Waals surface area contributed by atoms with Crippen molar-refractivity contribution in [1.29, 1.82) is 0 Å². The van der Waals surface area contributed by atoms with Gasteiger partial charge in [-0.15, -0.1) is 0 Å². The number of carbonyl (C=O) groups excluding carboxylic acids is 3. The van der Waals surface area contributed by atoms with Crippen LogP contribution in [0.15, 0.2) is 72.8 Å². The lowest BCUT2D eigenvalue weighted by molar-refractivity contribution is -0.122. The van der Waals surface area contributed by atoms with Gasteiger partial charge in [0.25, 0.3) is 5.91 Å². The minimum absolute atomic E-state index is 0.0596. The zero-order chi connectivity index (χ0) is 30.9. The number of nitrogens with one attached hydrogen (secondary N) is 3. The summed E-state index contributed by atoms with van der Waals surface area (Å²) in [5.74, 6) is -0.247.